The van der Waals surface area contributed by atoms with E-state index in [-0.39, 0.29) is 0 Å². The molecule has 4 aromatic rings. The minimum Gasteiger partial charge on any atom is -0.361 e. The van der Waals surface area contributed by atoms with Crippen LogP contribution in [-0.4, -0.2) is 28.3 Å². The molecule has 6 nitrogen and oxygen atoms in total. The third kappa shape index (κ3) is 3.44. The van der Waals surface area contributed by atoms with Crippen LogP contribution in [0.4, 0.5) is 5.69 Å². The summed E-state index contributed by atoms with van der Waals surface area (Å²) in [5, 5.41) is 7.40. The maximum atomic E-state index is 12.3. The third-order valence-electron chi connectivity index (χ3n) is 4.76. The number of carbonyl (C=O) groups is 2. The highest BCUT2D eigenvalue weighted by molar-refractivity contribution is 6.40. The van der Waals surface area contributed by atoms with Crippen LogP contribution in [0.15, 0.2) is 60.9 Å². The van der Waals surface area contributed by atoms with Crippen LogP contribution in [0.1, 0.15) is 11.1 Å². The number of benzene rings is 2. The van der Waals surface area contributed by atoms with Crippen LogP contribution in [0.5, 0.6) is 0 Å². The van der Waals surface area contributed by atoms with Crippen LogP contribution in [0.25, 0.3) is 21.8 Å². The van der Waals surface area contributed by atoms with Crippen molar-refractivity contribution in [2.45, 2.75) is 13.3 Å². The number of amides is 2. The van der Waals surface area contributed by atoms with Crippen LogP contribution in [-0.2, 0) is 16.0 Å². The summed E-state index contributed by atoms with van der Waals surface area (Å²) in [6.45, 7) is 2.44. The predicted octanol–water partition coefficient (Wildman–Crippen LogP) is 3.32. The van der Waals surface area contributed by atoms with Gasteiger partial charge in [0.25, 0.3) is 0 Å². The molecule has 28 heavy (non-hydrogen) atoms. The van der Waals surface area contributed by atoms with Crippen LogP contribution in [0.2, 0.25) is 0 Å². The van der Waals surface area contributed by atoms with Crippen molar-refractivity contribution in [3.8, 4) is 0 Å². The maximum absolute atomic E-state index is 12.3. The van der Waals surface area contributed by atoms with Crippen LogP contribution in [0, 0.1) is 6.92 Å². The summed E-state index contributed by atoms with van der Waals surface area (Å²) in [5.74, 6) is -1.36. The number of nitrogens with one attached hydrogen (secondary N) is 3. The van der Waals surface area contributed by atoms with Gasteiger partial charge in [0.1, 0.15) is 0 Å². The Morgan fingerprint density at radius 2 is 1.86 bits per heavy atom. The Morgan fingerprint density at radius 1 is 1.04 bits per heavy atom. The Labute approximate surface area is 162 Å². The number of carbonyl (C=O) groups excluding carboxylic acids is 2. The van der Waals surface area contributed by atoms with E-state index >= 15 is 0 Å². The topological polar surface area (TPSA) is 86.9 Å². The standard InChI is InChI=1S/C22H20N4O2/c1-14-5-2-8-17-19(14)16(13-25-17)10-12-24-21(27)22(28)26-18-9-3-6-15-7-4-11-23-20(15)18/h2-9,11,13,25H,10,12H2,1H3,(H,24,27)(H,26,28). The molecule has 0 fully saturated rings. The number of pyridine rings is 1. The molecule has 0 saturated carbocycles. The predicted molar refractivity (Wildman–Crippen MR) is 110 cm³/mol. The molecule has 3 N–H and O–H groups in total. The summed E-state index contributed by atoms with van der Waals surface area (Å²) in [6.07, 6.45) is 4.24. The molecule has 6 heteroatoms. The van der Waals surface area contributed by atoms with Crippen LogP contribution in [0.3, 0.4) is 0 Å². The highest BCUT2D eigenvalue weighted by atomic mass is 16.2. The molecule has 2 aromatic carbocycles. The van der Waals surface area contributed by atoms with Gasteiger partial charge in [0.15, 0.2) is 0 Å². The fraction of sp³-hybridized carbons (Fsp3) is 0.136. The van der Waals surface area contributed by atoms with E-state index in [4.69, 9.17) is 0 Å². The van der Waals surface area contributed by atoms with E-state index in [2.05, 4.69) is 33.6 Å². The molecule has 140 valence electrons. The van der Waals surface area contributed by atoms with Crippen molar-refractivity contribution in [1.29, 1.82) is 0 Å². The van der Waals surface area contributed by atoms with Gasteiger partial charge < -0.3 is 15.6 Å². The SMILES string of the molecule is Cc1cccc2[nH]cc(CCNC(=O)C(=O)Nc3cccc4cccnc34)c12. The number of anilines is 1. The van der Waals surface area contributed by atoms with E-state index < -0.39 is 11.8 Å². The summed E-state index contributed by atoms with van der Waals surface area (Å²) < 4.78 is 0. The Kier molecular flexibility index (Phi) is 4.76. The lowest BCUT2D eigenvalue weighted by Gasteiger charge is -2.08. The second-order valence-electron chi connectivity index (χ2n) is 6.65. The van der Waals surface area contributed by atoms with E-state index in [1.807, 2.05) is 42.6 Å². The van der Waals surface area contributed by atoms with Gasteiger partial charge in [-0.2, -0.15) is 0 Å². The van der Waals surface area contributed by atoms with Gasteiger partial charge in [-0.3, -0.25) is 14.6 Å². The minimum atomic E-state index is -0.701. The molecular formula is C22H20N4O2. The van der Waals surface area contributed by atoms with E-state index in [1.165, 1.54) is 10.9 Å². The van der Waals surface area contributed by atoms with Gasteiger partial charge in [-0.25, -0.2) is 0 Å². The lowest BCUT2D eigenvalue weighted by Crippen LogP contribution is -2.36. The quantitative estimate of drug-likeness (QED) is 0.480. The van der Waals surface area contributed by atoms with E-state index in [9.17, 15) is 9.59 Å². The first-order valence-electron chi connectivity index (χ1n) is 9.12. The Bertz CT molecular complexity index is 1170. The zero-order valence-electron chi connectivity index (χ0n) is 15.5. The molecule has 0 spiro atoms. The van der Waals surface area contributed by atoms with E-state index in [1.54, 1.807) is 12.3 Å². The lowest BCUT2D eigenvalue weighted by molar-refractivity contribution is -0.136. The fourth-order valence-electron chi connectivity index (χ4n) is 3.42. The third-order valence-corrected chi connectivity index (χ3v) is 4.76. The number of hydrogen-bond acceptors (Lipinski definition) is 3. The van der Waals surface area contributed by atoms with Crippen LogP contribution < -0.4 is 10.6 Å². The van der Waals surface area contributed by atoms with Crippen molar-refractivity contribution >= 4 is 39.3 Å². The zero-order chi connectivity index (χ0) is 19.5. The number of rotatable bonds is 4. The van der Waals surface area contributed by atoms with E-state index in [0.717, 1.165) is 16.5 Å². The summed E-state index contributed by atoms with van der Waals surface area (Å²) in [6, 6.07) is 15.3. The first kappa shape index (κ1) is 17.7. The smallest absolute Gasteiger partial charge is 0.313 e. The molecule has 4 rings (SSSR count). The van der Waals surface area contributed by atoms with Crippen molar-refractivity contribution in [3.63, 3.8) is 0 Å². The van der Waals surface area contributed by atoms with Gasteiger partial charge in [0.05, 0.1) is 11.2 Å². The minimum absolute atomic E-state index is 0.376. The van der Waals surface area contributed by atoms with Crippen molar-refractivity contribution < 1.29 is 9.59 Å². The Hall–Kier alpha value is -3.67. The zero-order valence-corrected chi connectivity index (χ0v) is 15.5. The highest BCUT2D eigenvalue weighted by Crippen LogP contribution is 2.22. The van der Waals surface area contributed by atoms with Gasteiger partial charge in [0, 0.05) is 35.2 Å². The number of nitrogens with zero attached hydrogens (tertiary/aromatic N) is 1. The van der Waals surface area contributed by atoms with Gasteiger partial charge in [0.2, 0.25) is 0 Å². The number of aryl methyl sites for hydroxylation is 1. The molecule has 2 heterocycles. The number of para-hydroxylation sites is 1. The van der Waals surface area contributed by atoms with Gasteiger partial charge in [-0.15, -0.1) is 0 Å². The first-order valence-corrected chi connectivity index (χ1v) is 9.12. The average Bonchev–Trinajstić information content (AvgIpc) is 3.12. The number of fused-ring (bicyclic) bond motifs is 2. The molecule has 0 aliphatic rings. The highest BCUT2D eigenvalue weighted by Gasteiger charge is 2.15. The normalized spacial score (nSPS) is 10.9. The molecule has 0 unspecified atom stereocenters. The van der Waals surface area contributed by atoms with Crippen LogP contribution >= 0.6 is 0 Å². The molecule has 0 aliphatic carbocycles. The van der Waals surface area contributed by atoms with Crippen molar-refractivity contribution in [2.24, 2.45) is 0 Å². The summed E-state index contributed by atoms with van der Waals surface area (Å²) in [7, 11) is 0. The Morgan fingerprint density at radius 3 is 2.75 bits per heavy atom. The molecule has 0 aliphatic heterocycles. The van der Waals surface area contributed by atoms with Crippen molar-refractivity contribution in [2.75, 3.05) is 11.9 Å². The lowest BCUT2D eigenvalue weighted by atomic mass is 10.1. The second kappa shape index (κ2) is 7.52. The molecule has 0 radical (unpaired) electrons. The number of hydrogen-bond donors (Lipinski definition) is 3. The largest absolute Gasteiger partial charge is 0.361 e. The number of aromatic nitrogens is 2. The maximum Gasteiger partial charge on any atom is 0.313 e. The van der Waals surface area contributed by atoms with Gasteiger partial charge in [-0.05, 0) is 42.7 Å². The van der Waals surface area contributed by atoms with E-state index in [0.29, 0.717) is 24.2 Å². The first-order chi connectivity index (χ1) is 13.6. The molecule has 2 amide bonds. The molecule has 0 saturated heterocycles. The van der Waals surface area contributed by atoms with Gasteiger partial charge >= 0.3 is 11.8 Å². The van der Waals surface area contributed by atoms with Gasteiger partial charge in [-0.1, -0.05) is 30.3 Å². The summed E-state index contributed by atoms with van der Waals surface area (Å²) >= 11 is 0. The molecule has 0 bridgehead atoms. The summed E-state index contributed by atoms with van der Waals surface area (Å²) in [5.41, 5.74) is 4.54. The fourth-order valence-corrected chi connectivity index (χ4v) is 3.42. The number of aromatic amines is 1. The average molecular weight is 372 g/mol. The Balaban J connectivity index is 1.39. The molecular weight excluding hydrogens is 352 g/mol. The van der Waals surface area contributed by atoms with Crippen molar-refractivity contribution in [1.82, 2.24) is 15.3 Å². The monoisotopic (exact) mass is 372 g/mol. The second-order valence-corrected chi connectivity index (χ2v) is 6.65. The molecule has 0 atom stereocenters. The summed E-state index contributed by atoms with van der Waals surface area (Å²) in [4.78, 5) is 32.0. The number of H-pyrrole nitrogens is 1. The molecule has 2 aromatic heterocycles. The van der Waals surface area contributed by atoms with Crippen molar-refractivity contribution in [3.05, 3.63) is 72.1 Å².